The number of ether oxygens (including phenoxy) is 1. The minimum Gasteiger partial charge on any atom is -0.494 e. The highest BCUT2D eigenvalue weighted by molar-refractivity contribution is 7.71. The van der Waals surface area contributed by atoms with Crippen molar-refractivity contribution in [2.45, 2.75) is 13.0 Å². The molecule has 0 radical (unpaired) electrons. The molecule has 2 heterocycles. The highest BCUT2D eigenvalue weighted by Crippen LogP contribution is 2.24. The SMILES string of the molecule is COc1cccc2c1[nH]c(=S)n2CCc1ccn(C)n1. The van der Waals surface area contributed by atoms with E-state index in [0.717, 1.165) is 35.4 Å². The molecule has 0 aliphatic carbocycles. The highest BCUT2D eigenvalue weighted by Gasteiger charge is 2.09. The predicted octanol–water partition coefficient (Wildman–Crippen LogP) is 2.68. The topological polar surface area (TPSA) is 47.8 Å². The van der Waals surface area contributed by atoms with Gasteiger partial charge in [0.15, 0.2) is 4.77 Å². The maximum Gasteiger partial charge on any atom is 0.178 e. The molecule has 0 amide bonds. The molecular formula is C14H16N4OS. The third-order valence-electron chi connectivity index (χ3n) is 3.35. The molecule has 2 aromatic heterocycles. The van der Waals surface area contributed by atoms with E-state index in [4.69, 9.17) is 17.0 Å². The Kier molecular flexibility index (Phi) is 3.31. The van der Waals surface area contributed by atoms with Crippen molar-refractivity contribution in [2.24, 2.45) is 7.05 Å². The van der Waals surface area contributed by atoms with Crippen LogP contribution < -0.4 is 4.74 Å². The van der Waals surface area contributed by atoms with Gasteiger partial charge in [0.1, 0.15) is 11.3 Å². The summed E-state index contributed by atoms with van der Waals surface area (Å²) in [6.45, 7) is 0.795. The fraction of sp³-hybridized carbons (Fsp3) is 0.286. The van der Waals surface area contributed by atoms with Crippen molar-refractivity contribution in [3.63, 3.8) is 0 Å². The van der Waals surface area contributed by atoms with E-state index >= 15 is 0 Å². The van der Waals surface area contributed by atoms with Gasteiger partial charge in [0.2, 0.25) is 0 Å². The first-order valence-corrected chi connectivity index (χ1v) is 6.84. The van der Waals surface area contributed by atoms with E-state index in [2.05, 4.69) is 14.6 Å². The Morgan fingerprint density at radius 2 is 2.20 bits per heavy atom. The third-order valence-corrected chi connectivity index (χ3v) is 3.67. The van der Waals surface area contributed by atoms with Gasteiger partial charge >= 0.3 is 0 Å². The molecule has 5 nitrogen and oxygen atoms in total. The van der Waals surface area contributed by atoms with Crippen molar-refractivity contribution in [1.29, 1.82) is 0 Å². The van der Waals surface area contributed by atoms with Crippen molar-refractivity contribution in [2.75, 3.05) is 7.11 Å². The normalized spacial score (nSPS) is 11.1. The molecule has 0 saturated heterocycles. The summed E-state index contributed by atoms with van der Waals surface area (Å²) in [5.74, 6) is 0.810. The zero-order valence-corrected chi connectivity index (χ0v) is 12.3. The largest absolute Gasteiger partial charge is 0.494 e. The monoisotopic (exact) mass is 288 g/mol. The molecule has 20 heavy (non-hydrogen) atoms. The fourth-order valence-electron chi connectivity index (χ4n) is 2.37. The number of rotatable bonds is 4. The lowest BCUT2D eigenvalue weighted by atomic mass is 10.2. The van der Waals surface area contributed by atoms with Gasteiger partial charge in [-0.1, -0.05) is 6.07 Å². The number of aromatic amines is 1. The lowest BCUT2D eigenvalue weighted by molar-refractivity contribution is 0.419. The standard InChI is InChI=1S/C14H16N4OS/c1-17-8-6-10(16-17)7-9-18-11-4-3-5-12(19-2)13(11)15-14(18)20/h3-6,8H,7,9H2,1-2H3,(H,15,20). The summed E-state index contributed by atoms with van der Waals surface area (Å²) in [5, 5.41) is 4.39. The van der Waals surface area contributed by atoms with E-state index in [1.165, 1.54) is 0 Å². The number of fused-ring (bicyclic) bond motifs is 1. The fourth-order valence-corrected chi connectivity index (χ4v) is 2.66. The van der Waals surface area contributed by atoms with E-state index in [1.54, 1.807) is 7.11 Å². The van der Waals surface area contributed by atoms with Crippen LogP contribution in [0, 0.1) is 4.77 Å². The first-order valence-electron chi connectivity index (χ1n) is 6.43. The molecule has 6 heteroatoms. The Balaban J connectivity index is 1.95. The van der Waals surface area contributed by atoms with E-state index in [9.17, 15) is 0 Å². The third kappa shape index (κ3) is 2.22. The van der Waals surface area contributed by atoms with Crippen LogP contribution in [-0.4, -0.2) is 26.4 Å². The summed E-state index contributed by atoms with van der Waals surface area (Å²) >= 11 is 5.41. The molecule has 0 aliphatic heterocycles. The number of H-pyrrole nitrogens is 1. The van der Waals surface area contributed by atoms with Crippen LogP contribution in [0.3, 0.4) is 0 Å². The molecule has 1 N–H and O–H groups in total. The minimum absolute atomic E-state index is 0.709. The number of nitrogens with one attached hydrogen (secondary N) is 1. The van der Waals surface area contributed by atoms with E-state index in [0.29, 0.717) is 4.77 Å². The number of methoxy groups -OCH3 is 1. The van der Waals surface area contributed by atoms with Crippen molar-refractivity contribution < 1.29 is 4.74 Å². The van der Waals surface area contributed by atoms with Crippen LogP contribution in [0.15, 0.2) is 30.5 Å². The van der Waals surface area contributed by atoms with E-state index < -0.39 is 0 Å². The summed E-state index contributed by atoms with van der Waals surface area (Å²) in [6, 6.07) is 7.97. The number of aryl methyl sites for hydroxylation is 3. The Morgan fingerprint density at radius 3 is 2.90 bits per heavy atom. The van der Waals surface area contributed by atoms with Gasteiger partial charge in [-0.15, -0.1) is 0 Å². The smallest absolute Gasteiger partial charge is 0.178 e. The zero-order chi connectivity index (χ0) is 14.1. The quantitative estimate of drug-likeness (QED) is 0.751. The molecule has 0 fully saturated rings. The number of hydrogen-bond donors (Lipinski definition) is 1. The van der Waals surface area contributed by atoms with Gasteiger partial charge in [-0.05, 0) is 30.4 Å². The molecule has 0 aliphatic rings. The lowest BCUT2D eigenvalue weighted by Gasteiger charge is -2.04. The first kappa shape index (κ1) is 12.9. The number of imidazole rings is 1. The second-order valence-electron chi connectivity index (χ2n) is 4.67. The van der Waals surface area contributed by atoms with Gasteiger partial charge in [0, 0.05) is 26.2 Å². The summed E-state index contributed by atoms with van der Waals surface area (Å²) in [6.07, 6.45) is 2.80. The predicted molar refractivity (Wildman–Crippen MR) is 80.6 cm³/mol. The second kappa shape index (κ2) is 5.13. The van der Waals surface area contributed by atoms with E-state index in [-0.39, 0.29) is 0 Å². The Labute approximate surface area is 121 Å². The van der Waals surface area contributed by atoms with E-state index in [1.807, 2.05) is 42.2 Å². The number of hydrogen-bond acceptors (Lipinski definition) is 3. The van der Waals surface area contributed by atoms with Crippen LogP contribution in [0.1, 0.15) is 5.69 Å². The maximum atomic E-state index is 5.41. The molecule has 0 atom stereocenters. The number of aromatic nitrogens is 4. The van der Waals surface area contributed by atoms with Crippen molar-refractivity contribution in [1.82, 2.24) is 19.3 Å². The van der Waals surface area contributed by atoms with Crippen LogP contribution in [0.2, 0.25) is 0 Å². The van der Waals surface area contributed by atoms with Crippen LogP contribution in [0.4, 0.5) is 0 Å². The summed E-state index contributed by atoms with van der Waals surface area (Å²) < 4.78 is 9.96. The second-order valence-corrected chi connectivity index (χ2v) is 5.05. The van der Waals surface area contributed by atoms with Gasteiger partial charge in [-0.2, -0.15) is 5.10 Å². The molecular weight excluding hydrogens is 272 g/mol. The van der Waals surface area contributed by atoms with Gasteiger partial charge in [0.25, 0.3) is 0 Å². The number of para-hydroxylation sites is 1. The summed E-state index contributed by atoms with van der Waals surface area (Å²) in [5.41, 5.74) is 3.07. The lowest BCUT2D eigenvalue weighted by Crippen LogP contribution is -2.02. The Bertz CT molecular complexity index is 799. The molecule has 104 valence electrons. The average Bonchev–Trinajstić information content (AvgIpc) is 2.99. The molecule has 3 rings (SSSR count). The molecule has 1 aromatic carbocycles. The van der Waals surface area contributed by atoms with Gasteiger partial charge in [-0.3, -0.25) is 4.68 Å². The Hall–Kier alpha value is -2.08. The van der Waals surface area contributed by atoms with Crippen LogP contribution in [-0.2, 0) is 20.0 Å². The van der Waals surface area contributed by atoms with Crippen LogP contribution in [0.25, 0.3) is 11.0 Å². The summed E-state index contributed by atoms with van der Waals surface area (Å²) in [4.78, 5) is 3.22. The summed E-state index contributed by atoms with van der Waals surface area (Å²) in [7, 11) is 3.59. The number of nitrogens with zero attached hydrogens (tertiary/aromatic N) is 3. The molecule has 0 unspecified atom stereocenters. The van der Waals surface area contributed by atoms with Crippen molar-refractivity contribution in [3.8, 4) is 5.75 Å². The van der Waals surface area contributed by atoms with Gasteiger partial charge in [0.05, 0.1) is 18.3 Å². The number of benzene rings is 1. The van der Waals surface area contributed by atoms with Gasteiger partial charge < -0.3 is 14.3 Å². The zero-order valence-electron chi connectivity index (χ0n) is 11.5. The molecule has 3 aromatic rings. The van der Waals surface area contributed by atoms with Crippen molar-refractivity contribution >= 4 is 23.3 Å². The average molecular weight is 288 g/mol. The molecule has 0 spiro atoms. The maximum absolute atomic E-state index is 5.41. The highest BCUT2D eigenvalue weighted by atomic mass is 32.1. The minimum atomic E-state index is 0.709. The first-order chi connectivity index (χ1) is 9.69. The van der Waals surface area contributed by atoms with Crippen molar-refractivity contribution in [3.05, 3.63) is 40.9 Å². The molecule has 0 saturated carbocycles. The molecule has 0 bridgehead atoms. The van der Waals surface area contributed by atoms with Crippen LogP contribution >= 0.6 is 12.2 Å². The van der Waals surface area contributed by atoms with Crippen LogP contribution in [0.5, 0.6) is 5.75 Å². The van der Waals surface area contributed by atoms with Gasteiger partial charge in [-0.25, -0.2) is 0 Å². The Morgan fingerprint density at radius 1 is 1.35 bits per heavy atom.